The van der Waals surface area contributed by atoms with Gasteiger partial charge in [0.1, 0.15) is 0 Å². The van der Waals surface area contributed by atoms with Crippen molar-refractivity contribution in [2.45, 2.75) is 44.7 Å². The van der Waals surface area contributed by atoms with Crippen molar-refractivity contribution >= 4 is 11.6 Å². The molecule has 0 amide bonds. The summed E-state index contributed by atoms with van der Waals surface area (Å²) in [5, 5.41) is 0.757. The van der Waals surface area contributed by atoms with Gasteiger partial charge in [-0.2, -0.15) is 0 Å². The summed E-state index contributed by atoms with van der Waals surface area (Å²) >= 11 is 8.04. The Morgan fingerprint density at radius 2 is 1.77 bits per heavy atom. The molecule has 1 aliphatic carbocycles. The summed E-state index contributed by atoms with van der Waals surface area (Å²) in [6.45, 7) is 0.581. The molecule has 1 heterocycles. The zero-order valence-corrected chi connectivity index (χ0v) is 16.0. The van der Waals surface area contributed by atoms with Crippen LogP contribution in [0.25, 0.3) is 0 Å². The maximum atomic E-state index is 5.63. The number of aromatic nitrogens is 2. The second-order valence-corrected chi connectivity index (χ2v) is 7.13. The van der Waals surface area contributed by atoms with Crippen LogP contribution in [0.5, 0.6) is 0 Å². The maximum absolute atomic E-state index is 5.63. The van der Waals surface area contributed by atoms with Crippen LogP contribution in [0.2, 0.25) is 5.02 Å². The Bertz CT molecular complexity index is 624. The Labute approximate surface area is 148 Å². The number of benzene rings is 1. The zero-order chi connectivity index (χ0) is 15.9. The molecule has 0 atom stereocenters. The molecule has 5 heteroatoms. The van der Waals surface area contributed by atoms with E-state index >= 15 is 0 Å². The standard InChI is InChI=1S/C10H16N2.C7H8ClN.Pt/c1-11-7-8-12(9-11)10-5-3-2-4-6-10;8-7-3-1-6(5-9)2-4-7;/h7-8,10H,2-6H2,1H3;1-4H,5,9H2;. The monoisotopic (exact) mass is 500 g/mol. The smallest absolute Gasteiger partial charge is 0.0406 e. The molecule has 0 bridgehead atoms. The molecule has 3 nitrogen and oxygen atoms in total. The summed E-state index contributed by atoms with van der Waals surface area (Å²) in [6.07, 6.45) is 11.3. The summed E-state index contributed by atoms with van der Waals surface area (Å²) in [5.74, 6) is 0. The fourth-order valence-electron chi connectivity index (χ4n) is 2.71. The molecule has 2 aromatic rings. The molecule has 0 radical (unpaired) electrons. The molecule has 0 aliphatic heterocycles. The number of nitrogens with zero attached hydrogens (tertiary/aromatic N) is 2. The minimum absolute atomic E-state index is 0.581. The van der Waals surface area contributed by atoms with Crippen LogP contribution in [0.15, 0.2) is 36.7 Å². The van der Waals surface area contributed by atoms with Crippen molar-refractivity contribution in [1.82, 2.24) is 9.13 Å². The predicted molar refractivity (Wildman–Crippen MR) is 88.1 cm³/mol. The average molecular weight is 501 g/mol. The molecular weight excluding hydrogens is 477 g/mol. The van der Waals surface area contributed by atoms with Crippen LogP contribution in [0, 0.1) is 3.80 Å². The van der Waals surface area contributed by atoms with Crippen LogP contribution in [-0.2, 0) is 32.9 Å². The number of nitrogens with two attached hydrogens (primary N) is 1. The van der Waals surface area contributed by atoms with Crippen LogP contribution in [0.1, 0.15) is 43.7 Å². The Balaban J connectivity index is 0.000000172. The van der Waals surface area contributed by atoms with Gasteiger partial charge in [0, 0.05) is 11.6 Å². The summed E-state index contributed by atoms with van der Waals surface area (Å²) in [4.78, 5) is 0. The quantitative estimate of drug-likeness (QED) is 0.659. The van der Waals surface area contributed by atoms with Gasteiger partial charge in [-0.05, 0) is 17.7 Å². The van der Waals surface area contributed by atoms with Crippen molar-refractivity contribution in [3.05, 3.63) is 51.0 Å². The topological polar surface area (TPSA) is 35.9 Å². The summed E-state index contributed by atoms with van der Waals surface area (Å²) in [6, 6.07) is 8.28. The van der Waals surface area contributed by atoms with E-state index in [9.17, 15) is 0 Å². The third-order valence-electron chi connectivity index (χ3n) is 4.03. The van der Waals surface area contributed by atoms with Gasteiger partial charge in [0.05, 0.1) is 0 Å². The van der Waals surface area contributed by atoms with Gasteiger partial charge in [0.25, 0.3) is 0 Å². The minimum Gasteiger partial charge on any atom is -0.326 e. The summed E-state index contributed by atoms with van der Waals surface area (Å²) in [7, 11) is 2.11. The van der Waals surface area contributed by atoms with Gasteiger partial charge >= 0.3 is 89.9 Å². The van der Waals surface area contributed by atoms with Gasteiger partial charge in [-0.25, -0.2) is 0 Å². The first-order valence-electron chi connectivity index (χ1n) is 7.75. The first-order valence-corrected chi connectivity index (χ1v) is 9.26. The van der Waals surface area contributed by atoms with Crippen molar-refractivity contribution in [2.75, 3.05) is 0 Å². The SMILES string of the molecule is Cn1ccn(C2CCCCC2)[c]1=[Pt].NCc1ccc(Cl)cc1. The molecule has 1 aromatic heterocycles. The first-order chi connectivity index (χ1) is 10.6. The molecule has 124 valence electrons. The van der Waals surface area contributed by atoms with Crippen LogP contribution >= 0.6 is 11.6 Å². The molecule has 22 heavy (non-hydrogen) atoms. The van der Waals surface area contributed by atoms with E-state index in [-0.39, 0.29) is 0 Å². The molecule has 1 aliphatic rings. The average Bonchev–Trinajstić information content (AvgIpc) is 2.89. The van der Waals surface area contributed by atoms with Gasteiger partial charge < -0.3 is 5.73 Å². The fraction of sp³-hybridized carbons (Fsp3) is 0.471. The van der Waals surface area contributed by atoms with E-state index in [0.29, 0.717) is 6.54 Å². The van der Waals surface area contributed by atoms with E-state index in [1.165, 1.54) is 35.9 Å². The largest absolute Gasteiger partial charge is 0.326 e. The Morgan fingerprint density at radius 3 is 2.27 bits per heavy atom. The molecule has 3 rings (SSSR count). The molecule has 1 saturated carbocycles. The molecule has 1 fully saturated rings. The van der Waals surface area contributed by atoms with Crippen molar-refractivity contribution in [3.63, 3.8) is 0 Å². The maximum Gasteiger partial charge on any atom is 0.0406 e. The van der Waals surface area contributed by atoms with Gasteiger partial charge in [-0.15, -0.1) is 0 Å². The Kier molecular flexibility index (Phi) is 7.13. The van der Waals surface area contributed by atoms with Crippen LogP contribution in [0.3, 0.4) is 0 Å². The van der Waals surface area contributed by atoms with Crippen LogP contribution in [0.4, 0.5) is 0 Å². The van der Waals surface area contributed by atoms with Crippen molar-refractivity contribution in [1.29, 1.82) is 0 Å². The number of halogens is 1. The van der Waals surface area contributed by atoms with Gasteiger partial charge in [-0.3, -0.25) is 0 Å². The molecule has 0 saturated heterocycles. The van der Waals surface area contributed by atoms with Gasteiger partial charge in [0.2, 0.25) is 0 Å². The molecule has 2 N–H and O–H groups in total. The molecular formula is C17H24ClN3Pt. The first kappa shape index (κ1) is 17.7. The van der Waals surface area contributed by atoms with Gasteiger partial charge in [0.15, 0.2) is 0 Å². The van der Waals surface area contributed by atoms with E-state index < -0.39 is 0 Å². The summed E-state index contributed by atoms with van der Waals surface area (Å²) in [5.41, 5.74) is 6.47. The van der Waals surface area contributed by atoms with E-state index in [2.05, 4.69) is 47.9 Å². The zero-order valence-electron chi connectivity index (χ0n) is 13.0. The molecule has 0 spiro atoms. The molecule has 0 unspecified atom stereocenters. The van der Waals surface area contributed by atoms with E-state index in [1.807, 2.05) is 24.3 Å². The number of imidazole rings is 1. The second-order valence-electron chi connectivity index (χ2n) is 5.68. The van der Waals surface area contributed by atoms with Crippen molar-refractivity contribution in [2.24, 2.45) is 12.8 Å². The number of hydrogen-bond acceptors (Lipinski definition) is 1. The van der Waals surface area contributed by atoms with Gasteiger partial charge in [-0.1, -0.05) is 23.7 Å². The number of aryl methyl sites for hydroxylation is 1. The van der Waals surface area contributed by atoms with Crippen molar-refractivity contribution < 1.29 is 19.4 Å². The van der Waals surface area contributed by atoms with Crippen molar-refractivity contribution in [3.8, 4) is 0 Å². The predicted octanol–water partition coefficient (Wildman–Crippen LogP) is 4.21. The third-order valence-corrected chi connectivity index (χ3v) is 5.67. The van der Waals surface area contributed by atoms with E-state index in [0.717, 1.165) is 16.6 Å². The van der Waals surface area contributed by atoms with Crippen LogP contribution < -0.4 is 5.73 Å². The Hall–Kier alpha value is -0.632. The normalized spacial score (nSPS) is 15.3. The summed E-state index contributed by atoms with van der Waals surface area (Å²) < 4.78 is 5.98. The number of hydrogen-bond donors (Lipinski definition) is 1. The number of rotatable bonds is 2. The third kappa shape index (κ3) is 4.94. The fourth-order valence-corrected chi connectivity index (χ4v) is 3.59. The second kappa shape index (κ2) is 8.86. The van der Waals surface area contributed by atoms with E-state index in [1.54, 1.807) is 0 Å². The Morgan fingerprint density at radius 1 is 1.14 bits per heavy atom. The molecule has 1 aromatic carbocycles. The van der Waals surface area contributed by atoms with Crippen LogP contribution in [-0.4, -0.2) is 9.13 Å². The minimum atomic E-state index is 0.581. The van der Waals surface area contributed by atoms with E-state index in [4.69, 9.17) is 17.3 Å².